The standard InChI is InChI=1S/C10H12N4O4S2/c1-11-19(15,16)9-4-2-8(3-5-9)14-20(17,18)10-6-12-7-13-10/h2-7,11,14H,1H3,(H,12,13). The molecule has 1 heterocycles. The van der Waals surface area contributed by atoms with Gasteiger partial charge in [0.1, 0.15) is 0 Å². The van der Waals surface area contributed by atoms with E-state index in [9.17, 15) is 16.8 Å². The lowest BCUT2D eigenvalue weighted by molar-refractivity contribution is 0.588. The molecule has 20 heavy (non-hydrogen) atoms. The summed E-state index contributed by atoms with van der Waals surface area (Å²) in [6, 6.07) is 5.32. The van der Waals surface area contributed by atoms with Crippen LogP contribution in [-0.4, -0.2) is 33.9 Å². The smallest absolute Gasteiger partial charge is 0.278 e. The summed E-state index contributed by atoms with van der Waals surface area (Å²) in [6.07, 6.45) is 2.42. The number of rotatable bonds is 5. The van der Waals surface area contributed by atoms with Crippen molar-refractivity contribution in [2.24, 2.45) is 0 Å². The van der Waals surface area contributed by atoms with Crippen molar-refractivity contribution in [1.82, 2.24) is 14.7 Å². The summed E-state index contributed by atoms with van der Waals surface area (Å²) in [7, 11) is -6.01. The Kier molecular flexibility index (Phi) is 3.79. The average molecular weight is 316 g/mol. The second-order valence-corrected chi connectivity index (χ2v) is 7.29. The summed E-state index contributed by atoms with van der Waals surface area (Å²) in [5.41, 5.74) is 0.245. The van der Waals surface area contributed by atoms with Gasteiger partial charge in [0.2, 0.25) is 10.0 Å². The fourth-order valence-corrected chi connectivity index (χ4v) is 3.11. The highest BCUT2D eigenvalue weighted by molar-refractivity contribution is 7.92. The van der Waals surface area contributed by atoms with Crippen molar-refractivity contribution in [3.8, 4) is 0 Å². The molecule has 0 aliphatic heterocycles. The predicted molar refractivity (Wildman–Crippen MR) is 72.1 cm³/mol. The Balaban J connectivity index is 2.25. The van der Waals surface area contributed by atoms with Gasteiger partial charge < -0.3 is 4.98 Å². The number of nitrogens with one attached hydrogen (secondary N) is 3. The van der Waals surface area contributed by atoms with E-state index in [1.165, 1.54) is 43.8 Å². The van der Waals surface area contributed by atoms with E-state index in [0.29, 0.717) is 0 Å². The van der Waals surface area contributed by atoms with Crippen molar-refractivity contribution < 1.29 is 16.8 Å². The molecule has 1 aromatic carbocycles. The van der Waals surface area contributed by atoms with Crippen LogP contribution in [0.15, 0.2) is 46.7 Å². The molecule has 0 unspecified atom stereocenters. The highest BCUT2D eigenvalue weighted by Crippen LogP contribution is 2.17. The Morgan fingerprint density at radius 1 is 1.05 bits per heavy atom. The molecular weight excluding hydrogens is 304 g/mol. The first-order chi connectivity index (χ1) is 9.35. The van der Waals surface area contributed by atoms with Crippen molar-refractivity contribution in [2.45, 2.75) is 9.92 Å². The van der Waals surface area contributed by atoms with Crippen molar-refractivity contribution >= 4 is 25.7 Å². The summed E-state index contributed by atoms with van der Waals surface area (Å²) in [5, 5.41) is -0.0792. The molecule has 10 heteroatoms. The highest BCUT2D eigenvalue weighted by Gasteiger charge is 2.16. The maximum Gasteiger partial charge on any atom is 0.278 e. The number of nitrogens with zero attached hydrogens (tertiary/aromatic N) is 1. The molecule has 0 atom stereocenters. The zero-order valence-corrected chi connectivity index (χ0v) is 12.0. The van der Waals surface area contributed by atoms with Crippen LogP contribution in [0.4, 0.5) is 5.69 Å². The van der Waals surface area contributed by atoms with Gasteiger partial charge >= 0.3 is 0 Å². The average Bonchev–Trinajstić information content (AvgIpc) is 2.93. The Labute approximate surface area is 116 Å². The van der Waals surface area contributed by atoms with E-state index in [1.54, 1.807) is 0 Å². The molecular formula is C10H12N4O4S2. The molecule has 2 aromatic rings. The SMILES string of the molecule is CNS(=O)(=O)c1ccc(NS(=O)(=O)c2cnc[nH]2)cc1. The zero-order chi connectivity index (χ0) is 14.8. The second kappa shape index (κ2) is 5.23. The minimum atomic E-state index is -3.76. The third-order valence-corrected chi connectivity index (χ3v) is 5.19. The highest BCUT2D eigenvalue weighted by atomic mass is 32.2. The van der Waals surface area contributed by atoms with E-state index in [0.717, 1.165) is 0 Å². The number of sulfonamides is 2. The summed E-state index contributed by atoms with van der Waals surface area (Å²) in [6.45, 7) is 0. The number of benzene rings is 1. The molecule has 1 aromatic heterocycles. The van der Waals surface area contributed by atoms with Crippen molar-refractivity contribution in [1.29, 1.82) is 0 Å². The molecule has 3 N–H and O–H groups in total. The lowest BCUT2D eigenvalue weighted by atomic mass is 10.3. The van der Waals surface area contributed by atoms with E-state index in [1.807, 2.05) is 0 Å². The van der Waals surface area contributed by atoms with Crippen molar-refractivity contribution in [2.75, 3.05) is 11.8 Å². The zero-order valence-electron chi connectivity index (χ0n) is 10.4. The monoisotopic (exact) mass is 316 g/mol. The molecule has 0 bridgehead atoms. The normalized spacial score (nSPS) is 12.2. The summed E-state index contributed by atoms with van der Waals surface area (Å²) >= 11 is 0. The minimum absolute atomic E-state index is 0.0458. The summed E-state index contributed by atoms with van der Waals surface area (Å²) in [5.74, 6) is 0. The van der Waals surface area contributed by atoms with Crippen LogP contribution >= 0.6 is 0 Å². The number of imidazole rings is 1. The van der Waals surface area contributed by atoms with E-state index in [-0.39, 0.29) is 15.6 Å². The van der Waals surface area contributed by atoms with Crippen molar-refractivity contribution in [3.63, 3.8) is 0 Å². The molecule has 0 radical (unpaired) electrons. The van der Waals surface area contributed by atoms with Gasteiger partial charge in [0.15, 0.2) is 5.03 Å². The third kappa shape index (κ3) is 2.98. The maximum atomic E-state index is 11.9. The van der Waals surface area contributed by atoms with Gasteiger partial charge in [-0.2, -0.15) is 8.42 Å². The number of anilines is 1. The Bertz CT molecular complexity index is 780. The molecule has 0 aliphatic carbocycles. The van der Waals surface area contributed by atoms with Gasteiger partial charge in [0.05, 0.1) is 17.4 Å². The van der Waals surface area contributed by atoms with Gasteiger partial charge in [0.25, 0.3) is 10.0 Å². The van der Waals surface area contributed by atoms with E-state index >= 15 is 0 Å². The predicted octanol–water partition coefficient (Wildman–Crippen LogP) is 0.119. The lowest BCUT2D eigenvalue weighted by Crippen LogP contribution is -2.18. The number of aromatic nitrogens is 2. The van der Waals surface area contributed by atoms with Gasteiger partial charge in [-0.1, -0.05) is 0 Å². The van der Waals surface area contributed by atoms with Crippen LogP contribution < -0.4 is 9.44 Å². The summed E-state index contributed by atoms with van der Waals surface area (Å²) < 4.78 is 51.3. The van der Waals surface area contributed by atoms with Crippen molar-refractivity contribution in [3.05, 3.63) is 36.8 Å². The lowest BCUT2D eigenvalue weighted by Gasteiger charge is -2.07. The number of hydrogen-bond acceptors (Lipinski definition) is 5. The van der Waals surface area contributed by atoms with Crippen LogP contribution in [0.3, 0.4) is 0 Å². The molecule has 0 saturated heterocycles. The van der Waals surface area contributed by atoms with Gasteiger partial charge in [-0.3, -0.25) is 4.72 Å². The first kappa shape index (κ1) is 14.5. The first-order valence-corrected chi connectivity index (χ1v) is 8.36. The van der Waals surface area contributed by atoms with Crippen LogP contribution in [0.1, 0.15) is 0 Å². The molecule has 108 valence electrons. The van der Waals surface area contributed by atoms with E-state index in [4.69, 9.17) is 0 Å². The molecule has 0 saturated carbocycles. The van der Waals surface area contributed by atoms with Crippen LogP contribution in [0, 0.1) is 0 Å². The van der Waals surface area contributed by atoms with Crippen LogP contribution in [-0.2, 0) is 20.0 Å². The van der Waals surface area contributed by atoms with E-state index < -0.39 is 20.0 Å². The first-order valence-electron chi connectivity index (χ1n) is 5.40. The Hall–Kier alpha value is -1.91. The van der Waals surface area contributed by atoms with Crippen LogP contribution in [0.25, 0.3) is 0 Å². The number of hydrogen-bond donors (Lipinski definition) is 3. The van der Waals surface area contributed by atoms with Crippen LogP contribution in [0.5, 0.6) is 0 Å². The summed E-state index contributed by atoms with van der Waals surface area (Å²) in [4.78, 5) is 6.15. The Morgan fingerprint density at radius 2 is 1.70 bits per heavy atom. The quantitative estimate of drug-likeness (QED) is 0.723. The van der Waals surface area contributed by atoms with Gasteiger partial charge in [-0.25, -0.2) is 18.1 Å². The molecule has 2 rings (SSSR count). The van der Waals surface area contributed by atoms with Crippen LogP contribution in [0.2, 0.25) is 0 Å². The molecule has 0 amide bonds. The van der Waals surface area contributed by atoms with Gasteiger partial charge in [-0.05, 0) is 31.3 Å². The number of aromatic amines is 1. The van der Waals surface area contributed by atoms with Gasteiger partial charge in [-0.15, -0.1) is 0 Å². The minimum Gasteiger partial charge on any atom is -0.334 e. The molecule has 0 aliphatic rings. The maximum absolute atomic E-state index is 11.9. The van der Waals surface area contributed by atoms with E-state index in [2.05, 4.69) is 19.4 Å². The second-order valence-electron chi connectivity index (χ2n) is 3.75. The molecule has 8 nitrogen and oxygen atoms in total. The largest absolute Gasteiger partial charge is 0.334 e. The molecule has 0 spiro atoms. The number of H-pyrrole nitrogens is 1. The Morgan fingerprint density at radius 3 is 2.20 bits per heavy atom. The molecule has 0 fully saturated rings. The third-order valence-electron chi connectivity index (χ3n) is 2.45. The van der Waals surface area contributed by atoms with Gasteiger partial charge in [0, 0.05) is 5.69 Å². The topological polar surface area (TPSA) is 121 Å². The fourth-order valence-electron chi connectivity index (χ4n) is 1.42. The fraction of sp³-hybridized carbons (Fsp3) is 0.100.